The van der Waals surface area contributed by atoms with Gasteiger partial charge in [-0.2, -0.15) is 0 Å². The molecule has 0 spiro atoms. The predicted molar refractivity (Wildman–Crippen MR) is 82.0 cm³/mol. The number of aryl methyl sites for hydroxylation is 1. The van der Waals surface area contributed by atoms with Crippen molar-refractivity contribution in [3.05, 3.63) is 39.3 Å². The quantitative estimate of drug-likeness (QED) is 0.825. The van der Waals surface area contributed by atoms with Crippen LogP contribution in [0.25, 0.3) is 10.6 Å². The summed E-state index contributed by atoms with van der Waals surface area (Å²) in [4.78, 5) is 5.81. The van der Waals surface area contributed by atoms with Crippen LogP contribution >= 0.6 is 27.3 Å². The van der Waals surface area contributed by atoms with Crippen molar-refractivity contribution in [2.24, 2.45) is 0 Å². The summed E-state index contributed by atoms with van der Waals surface area (Å²) < 4.78 is 1.12. The molecule has 0 saturated carbocycles. The second-order valence-corrected chi connectivity index (χ2v) is 6.30. The number of thiazole rings is 1. The van der Waals surface area contributed by atoms with Gasteiger partial charge in [0.15, 0.2) is 0 Å². The van der Waals surface area contributed by atoms with E-state index < -0.39 is 0 Å². The van der Waals surface area contributed by atoms with Crippen LogP contribution in [0.3, 0.4) is 0 Å². The van der Waals surface area contributed by atoms with Gasteiger partial charge in [0.1, 0.15) is 5.01 Å². The van der Waals surface area contributed by atoms with Gasteiger partial charge in [-0.1, -0.05) is 28.9 Å². The third-order valence-electron chi connectivity index (χ3n) is 2.70. The van der Waals surface area contributed by atoms with Crippen LogP contribution in [0, 0.1) is 6.92 Å². The van der Waals surface area contributed by atoms with Gasteiger partial charge in [-0.3, -0.25) is 0 Å². The van der Waals surface area contributed by atoms with E-state index in [4.69, 9.17) is 0 Å². The number of rotatable bonds is 5. The minimum Gasteiger partial charge on any atom is -0.312 e. The van der Waals surface area contributed by atoms with E-state index in [1.807, 2.05) is 6.20 Å². The minimum absolute atomic E-state index is 0.918. The molecule has 4 heteroatoms. The number of nitrogens with one attached hydrogen (secondary N) is 1. The van der Waals surface area contributed by atoms with Crippen LogP contribution in [0.15, 0.2) is 28.9 Å². The smallest absolute Gasteiger partial charge is 0.123 e. The second kappa shape index (κ2) is 6.45. The minimum atomic E-state index is 0.918. The van der Waals surface area contributed by atoms with Crippen LogP contribution in [-0.2, 0) is 6.54 Å². The van der Waals surface area contributed by atoms with Crippen LogP contribution in [0.5, 0.6) is 0 Å². The highest BCUT2D eigenvalue weighted by atomic mass is 79.9. The number of aromatic nitrogens is 1. The van der Waals surface area contributed by atoms with Gasteiger partial charge in [0.05, 0.1) is 0 Å². The average Bonchev–Trinajstić information content (AvgIpc) is 2.78. The van der Waals surface area contributed by atoms with Gasteiger partial charge in [-0.25, -0.2) is 4.98 Å². The van der Waals surface area contributed by atoms with E-state index in [0.29, 0.717) is 0 Å². The predicted octanol–water partition coefficient (Wildman–Crippen LogP) is 4.38. The first kappa shape index (κ1) is 13.7. The molecule has 0 aliphatic rings. The Morgan fingerprint density at radius 1 is 1.39 bits per heavy atom. The molecule has 0 radical (unpaired) electrons. The molecule has 0 aliphatic carbocycles. The Morgan fingerprint density at radius 2 is 2.22 bits per heavy atom. The van der Waals surface area contributed by atoms with Crippen molar-refractivity contribution in [1.82, 2.24) is 10.3 Å². The van der Waals surface area contributed by atoms with E-state index in [2.05, 4.69) is 58.3 Å². The molecule has 96 valence electrons. The Labute approximate surface area is 121 Å². The summed E-state index contributed by atoms with van der Waals surface area (Å²) in [5.41, 5.74) is 2.48. The van der Waals surface area contributed by atoms with Crippen LogP contribution in [-0.4, -0.2) is 11.5 Å². The SMILES string of the molecule is CCCNCc1cnc(-c2ccc(Br)cc2C)s1. The Hall–Kier alpha value is -0.710. The van der Waals surface area contributed by atoms with Crippen LogP contribution in [0.4, 0.5) is 0 Å². The van der Waals surface area contributed by atoms with E-state index in [1.54, 1.807) is 11.3 Å². The molecule has 2 rings (SSSR count). The maximum absolute atomic E-state index is 4.52. The Bertz CT molecular complexity index is 522. The van der Waals surface area contributed by atoms with E-state index >= 15 is 0 Å². The third kappa shape index (κ3) is 3.40. The summed E-state index contributed by atoms with van der Waals surface area (Å²) in [5.74, 6) is 0. The molecule has 0 fully saturated rings. The molecule has 1 heterocycles. The topological polar surface area (TPSA) is 24.9 Å². The van der Waals surface area contributed by atoms with Crippen LogP contribution < -0.4 is 5.32 Å². The molecule has 0 saturated heterocycles. The fraction of sp³-hybridized carbons (Fsp3) is 0.357. The van der Waals surface area contributed by atoms with Crippen molar-refractivity contribution in [2.75, 3.05) is 6.54 Å². The zero-order valence-corrected chi connectivity index (χ0v) is 13.1. The van der Waals surface area contributed by atoms with Gasteiger partial charge in [-0.15, -0.1) is 11.3 Å². The van der Waals surface area contributed by atoms with E-state index in [9.17, 15) is 0 Å². The first-order valence-electron chi connectivity index (χ1n) is 6.12. The number of hydrogen-bond acceptors (Lipinski definition) is 3. The normalized spacial score (nSPS) is 10.8. The van der Waals surface area contributed by atoms with Gasteiger partial charge >= 0.3 is 0 Å². The lowest BCUT2D eigenvalue weighted by atomic mass is 10.1. The fourth-order valence-electron chi connectivity index (χ4n) is 1.77. The lowest BCUT2D eigenvalue weighted by Gasteiger charge is -2.02. The van der Waals surface area contributed by atoms with Crippen LogP contribution in [0.1, 0.15) is 23.8 Å². The fourth-order valence-corrected chi connectivity index (χ4v) is 3.22. The second-order valence-electron chi connectivity index (χ2n) is 4.27. The van der Waals surface area contributed by atoms with Gasteiger partial charge < -0.3 is 5.32 Å². The maximum atomic E-state index is 4.52. The summed E-state index contributed by atoms with van der Waals surface area (Å²) in [7, 11) is 0. The van der Waals surface area contributed by atoms with Crippen molar-refractivity contribution in [2.45, 2.75) is 26.8 Å². The molecule has 1 aromatic carbocycles. The van der Waals surface area contributed by atoms with Crippen LogP contribution in [0.2, 0.25) is 0 Å². The molecule has 2 nitrogen and oxygen atoms in total. The third-order valence-corrected chi connectivity index (χ3v) is 4.22. The lowest BCUT2D eigenvalue weighted by molar-refractivity contribution is 0.681. The van der Waals surface area contributed by atoms with Crippen molar-refractivity contribution >= 4 is 27.3 Å². The summed E-state index contributed by atoms with van der Waals surface area (Å²) >= 11 is 5.26. The molecular weight excluding hydrogens is 308 g/mol. The van der Waals surface area contributed by atoms with Gasteiger partial charge in [0.2, 0.25) is 0 Å². The van der Waals surface area contributed by atoms with Crippen molar-refractivity contribution in [3.63, 3.8) is 0 Å². The molecule has 0 aliphatic heterocycles. The van der Waals surface area contributed by atoms with E-state index in [0.717, 1.165) is 29.0 Å². The van der Waals surface area contributed by atoms with Crippen molar-refractivity contribution < 1.29 is 0 Å². The number of benzene rings is 1. The average molecular weight is 325 g/mol. The highest BCUT2D eigenvalue weighted by Gasteiger charge is 2.07. The molecule has 0 amide bonds. The molecular formula is C14H17BrN2S. The number of halogens is 1. The first-order chi connectivity index (χ1) is 8.70. The highest BCUT2D eigenvalue weighted by molar-refractivity contribution is 9.10. The summed E-state index contributed by atoms with van der Waals surface area (Å²) in [6.07, 6.45) is 3.14. The zero-order valence-electron chi connectivity index (χ0n) is 10.7. The van der Waals surface area contributed by atoms with Gasteiger partial charge in [0, 0.05) is 27.7 Å². The number of nitrogens with zero attached hydrogens (tertiary/aromatic N) is 1. The molecule has 0 atom stereocenters. The lowest BCUT2D eigenvalue weighted by Crippen LogP contribution is -2.12. The van der Waals surface area contributed by atoms with Gasteiger partial charge in [0.25, 0.3) is 0 Å². The monoisotopic (exact) mass is 324 g/mol. The van der Waals surface area contributed by atoms with Crippen molar-refractivity contribution in [3.8, 4) is 10.6 Å². The van der Waals surface area contributed by atoms with E-state index in [1.165, 1.54) is 16.0 Å². The summed E-state index contributed by atoms with van der Waals surface area (Å²) in [6.45, 7) is 6.28. The molecule has 2 aromatic rings. The highest BCUT2D eigenvalue weighted by Crippen LogP contribution is 2.29. The number of hydrogen-bond donors (Lipinski definition) is 1. The Morgan fingerprint density at radius 3 is 2.94 bits per heavy atom. The summed E-state index contributed by atoms with van der Waals surface area (Å²) in [6, 6.07) is 6.33. The molecule has 0 unspecified atom stereocenters. The Balaban J connectivity index is 2.13. The van der Waals surface area contributed by atoms with E-state index in [-0.39, 0.29) is 0 Å². The molecule has 1 aromatic heterocycles. The summed E-state index contributed by atoms with van der Waals surface area (Å²) in [5, 5.41) is 4.51. The maximum Gasteiger partial charge on any atom is 0.123 e. The largest absolute Gasteiger partial charge is 0.312 e. The van der Waals surface area contributed by atoms with Crippen molar-refractivity contribution in [1.29, 1.82) is 0 Å². The molecule has 18 heavy (non-hydrogen) atoms. The molecule has 1 N–H and O–H groups in total. The Kier molecular flexibility index (Phi) is 4.92. The molecule has 0 bridgehead atoms. The van der Waals surface area contributed by atoms with Gasteiger partial charge in [-0.05, 0) is 37.6 Å². The standard InChI is InChI=1S/C14H17BrN2S/c1-3-6-16-8-12-9-17-14(18-12)13-5-4-11(15)7-10(13)2/h4-5,7,9,16H,3,6,8H2,1-2H3. The first-order valence-corrected chi connectivity index (χ1v) is 7.73. The zero-order chi connectivity index (χ0) is 13.0.